The molecule has 2 nitrogen and oxygen atoms in total. The normalized spacial score (nSPS) is 19.1. The highest BCUT2D eigenvalue weighted by molar-refractivity contribution is 5.26. The van der Waals surface area contributed by atoms with E-state index in [2.05, 4.69) is 0 Å². The third-order valence-corrected chi connectivity index (χ3v) is 3.38. The second kappa shape index (κ2) is 5.15. The summed E-state index contributed by atoms with van der Waals surface area (Å²) >= 11 is 0. The SMILES string of the molecule is CCOC(C1CC1)C(N)c1ccc(C)c(F)c1. The Bertz CT molecular complexity index is 390. The van der Waals surface area contributed by atoms with E-state index in [-0.39, 0.29) is 18.0 Å². The molecule has 1 aliphatic rings. The van der Waals surface area contributed by atoms with E-state index in [4.69, 9.17) is 10.5 Å². The smallest absolute Gasteiger partial charge is 0.126 e. The molecule has 2 unspecified atom stereocenters. The third kappa shape index (κ3) is 2.85. The van der Waals surface area contributed by atoms with Gasteiger partial charge >= 0.3 is 0 Å². The Balaban J connectivity index is 2.15. The van der Waals surface area contributed by atoms with Crippen molar-refractivity contribution in [1.29, 1.82) is 0 Å². The van der Waals surface area contributed by atoms with Crippen molar-refractivity contribution in [3.8, 4) is 0 Å². The van der Waals surface area contributed by atoms with Gasteiger partial charge in [-0.25, -0.2) is 4.39 Å². The van der Waals surface area contributed by atoms with E-state index >= 15 is 0 Å². The molecule has 0 spiro atoms. The molecule has 1 aliphatic carbocycles. The van der Waals surface area contributed by atoms with Crippen LogP contribution in [0.4, 0.5) is 4.39 Å². The molecule has 0 radical (unpaired) electrons. The van der Waals surface area contributed by atoms with Crippen LogP contribution in [-0.2, 0) is 4.74 Å². The topological polar surface area (TPSA) is 35.2 Å². The summed E-state index contributed by atoms with van der Waals surface area (Å²) in [6.07, 6.45) is 2.38. The summed E-state index contributed by atoms with van der Waals surface area (Å²) in [6, 6.07) is 4.99. The summed E-state index contributed by atoms with van der Waals surface area (Å²) in [6.45, 7) is 4.38. The quantitative estimate of drug-likeness (QED) is 0.854. The van der Waals surface area contributed by atoms with Crippen LogP contribution in [0.3, 0.4) is 0 Å². The monoisotopic (exact) mass is 237 g/mol. The Kier molecular flexibility index (Phi) is 3.79. The van der Waals surface area contributed by atoms with E-state index in [0.717, 1.165) is 5.56 Å². The van der Waals surface area contributed by atoms with E-state index in [1.807, 2.05) is 13.0 Å². The zero-order chi connectivity index (χ0) is 12.4. The Morgan fingerprint density at radius 3 is 2.71 bits per heavy atom. The van der Waals surface area contributed by atoms with Crippen molar-refractivity contribution < 1.29 is 9.13 Å². The van der Waals surface area contributed by atoms with Gasteiger partial charge in [0.2, 0.25) is 0 Å². The van der Waals surface area contributed by atoms with Crippen LogP contribution in [0.15, 0.2) is 18.2 Å². The first-order valence-corrected chi connectivity index (χ1v) is 6.26. The van der Waals surface area contributed by atoms with E-state index < -0.39 is 0 Å². The second-order valence-electron chi connectivity index (χ2n) is 4.79. The van der Waals surface area contributed by atoms with E-state index in [0.29, 0.717) is 18.1 Å². The van der Waals surface area contributed by atoms with Crippen LogP contribution >= 0.6 is 0 Å². The summed E-state index contributed by atoms with van der Waals surface area (Å²) < 4.78 is 19.2. The van der Waals surface area contributed by atoms with Gasteiger partial charge in [-0.3, -0.25) is 0 Å². The summed E-state index contributed by atoms with van der Waals surface area (Å²) in [4.78, 5) is 0. The fourth-order valence-electron chi connectivity index (χ4n) is 2.16. The molecule has 3 heteroatoms. The van der Waals surface area contributed by atoms with E-state index in [9.17, 15) is 4.39 Å². The number of aryl methyl sites for hydroxylation is 1. The minimum Gasteiger partial charge on any atom is -0.376 e. The van der Waals surface area contributed by atoms with Gasteiger partial charge < -0.3 is 10.5 Å². The summed E-state index contributed by atoms with van der Waals surface area (Å²) in [5.41, 5.74) is 7.68. The minimum absolute atomic E-state index is 0.0297. The molecule has 1 aromatic rings. The van der Waals surface area contributed by atoms with Crippen LogP contribution in [-0.4, -0.2) is 12.7 Å². The Morgan fingerprint density at radius 2 is 2.18 bits per heavy atom. The van der Waals surface area contributed by atoms with Crippen LogP contribution in [0.2, 0.25) is 0 Å². The standard InChI is InChI=1S/C14H20FNO/c1-3-17-14(10-6-7-10)13(16)11-5-4-9(2)12(15)8-11/h4-5,8,10,13-14H,3,6-7,16H2,1-2H3. The second-order valence-corrected chi connectivity index (χ2v) is 4.79. The molecule has 0 saturated heterocycles. The molecule has 0 bridgehead atoms. The van der Waals surface area contributed by atoms with Crippen molar-refractivity contribution in [2.24, 2.45) is 11.7 Å². The molecule has 94 valence electrons. The zero-order valence-corrected chi connectivity index (χ0v) is 10.4. The predicted octanol–water partition coefficient (Wildman–Crippen LogP) is 2.95. The molecule has 0 aromatic heterocycles. The first-order valence-electron chi connectivity index (χ1n) is 6.26. The summed E-state index contributed by atoms with van der Waals surface area (Å²) in [5, 5.41) is 0. The lowest BCUT2D eigenvalue weighted by Gasteiger charge is -2.24. The minimum atomic E-state index is -0.224. The molecule has 0 aliphatic heterocycles. The van der Waals surface area contributed by atoms with E-state index in [1.165, 1.54) is 18.9 Å². The lowest BCUT2D eigenvalue weighted by Crippen LogP contribution is -2.31. The maximum absolute atomic E-state index is 13.5. The predicted molar refractivity (Wildman–Crippen MR) is 66.2 cm³/mol. The number of rotatable bonds is 5. The van der Waals surface area contributed by atoms with Crippen LogP contribution in [0.25, 0.3) is 0 Å². The zero-order valence-electron chi connectivity index (χ0n) is 10.4. The highest BCUT2D eigenvalue weighted by Gasteiger charge is 2.36. The number of ether oxygens (including phenoxy) is 1. The van der Waals surface area contributed by atoms with Crippen LogP contribution in [0, 0.1) is 18.7 Å². The van der Waals surface area contributed by atoms with Crippen molar-refractivity contribution >= 4 is 0 Å². The molecule has 17 heavy (non-hydrogen) atoms. The van der Waals surface area contributed by atoms with E-state index in [1.54, 1.807) is 13.0 Å². The molecule has 0 amide bonds. The average Bonchev–Trinajstić information content (AvgIpc) is 3.13. The summed E-state index contributed by atoms with van der Waals surface area (Å²) in [5.74, 6) is 0.360. The van der Waals surface area contributed by atoms with Crippen molar-refractivity contribution in [2.45, 2.75) is 38.8 Å². The van der Waals surface area contributed by atoms with Gasteiger partial charge in [0, 0.05) is 6.61 Å². The Hall–Kier alpha value is -0.930. The van der Waals surface area contributed by atoms with Gasteiger partial charge in [0.05, 0.1) is 12.1 Å². The lowest BCUT2D eigenvalue weighted by molar-refractivity contribution is 0.0282. The fourth-order valence-corrected chi connectivity index (χ4v) is 2.16. The first-order chi connectivity index (χ1) is 8.13. The Morgan fingerprint density at radius 1 is 1.47 bits per heavy atom. The molecule has 1 saturated carbocycles. The van der Waals surface area contributed by atoms with Crippen molar-refractivity contribution in [3.63, 3.8) is 0 Å². The maximum Gasteiger partial charge on any atom is 0.126 e. The number of nitrogens with two attached hydrogens (primary N) is 1. The van der Waals surface area contributed by atoms with Gasteiger partial charge in [0.1, 0.15) is 5.82 Å². The summed E-state index contributed by atoms with van der Waals surface area (Å²) in [7, 11) is 0. The Labute approximate surface area is 102 Å². The average molecular weight is 237 g/mol. The number of halogens is 1. The van der Waals surface area contributed by atoms with Crippen LogP contribution in [0.1, 0.15) is 36.9 Å². The molecular formula is C14H20FNO. The van der Waals surface area contributed by atoms with Gasteiger partial charge in [-0.15, -0.1) is 0 Å². The van der Waals surface area contributed by atoms with Gasteiger partial charge in [0.25, 0.3) is 0 Å². The maximum atomic E-state index is 13.5. The van der Waals surface area contributed by atoms with Crippen molar-refractivity contribution in [1.82, 2.24) is 0 Å². The molecule has 2 atom stereocenters. The number of benzene rings is 1. The lowest BCUT2D eigenvalue weighted by atomic mass is 9.98. The molecule has 0 heterocycles. The van der Waals surface area contributed by atoms with Gasteiger partial charge in [-0.05, 0) is 49.8 Å². The fraction of sp³-hybridized carbons (Fsp3) is 0.571. The van der Waals surface area contributed by atoms with Gasteiger partial charge in [-0.1, -0.05) is 12.1 Å². The number of hydrogen-bond donors (Lipinski definition) is 1. The third-order valence-electron chi connectivity index (χ3n) is 3.38. The molecule has 1 aromatic carbocycles. The number of hydrogen-bond acceptors (Lipinski definition) is 2. The molecule has 1 fully saturated rings. The van der Waals surface area contributed by atoms with Crippen LogP contribution in [0.5, 0.6) is 0 Å². The highest BCUT2D eigenvalue weighted by atomic mass is 19.1. The first kappa shape index (κ1) is 12.5. The van der Waals surface area contributed by atoms with Crippen LogP contribution < -0.4 is 5.73 Å². The largest absolute Gasteiger partial charge is 0.376 e. The van der Waals surface area contributed by atoms with Crippen molar-refractivity contribution in [3.05, 3.63) is 35.1 Å². The molecule has 2 N–H and O–H groups in total. The molecule has 2 rings (SSSR count). The van der Waals surface area contributed by atoms with Gasteiger partial charge in [-0.2, -0.15) is 0 Å². The van der Waals surface area contributed by atoms with Crippen molar-refractivity contribution in [2.75, 3.05) is 6.61 Å². The van der Waals surface area contributed by atoms with Gasteiger partial charge in [0.15, 0.2) is 0 Å². The molecular weight excluding hydrogens is 217 g/mol. The highest BCUT2D eigenvalue weighted by Crippen LogP contribution is 2.39.